The van der Waals surface area contributed by atoms with Crippen molar-refractivity contribution < 1.29 is 18.0 Å². The second-order valence-corrected chi connectivity index (χ2v) is 7.89. The summed E-state index contributed by atoms with van der Waals surface area (Å²) in [6.07, 6.45) is -3.90. The van der Waals surface area contributed by atoms with Crippen molar-refractivity contribution in [2.45, 2.75) is 26.4 Å². The van der Waals surface area contributed by atoms with Crippen LogP contribution in [0.4, 0.5) is 18.9 Å². The number of alkyl halides is 3. The van der Waals surface area contributed by atoms with E-state index in [1.807, 2.05) is 25.1 Å². The standard InChI is InChI=1S/C25H26F3N5O/c1-3-11-30-23(31-18(2)25(26,27)28)19-8-6-9-20(16-19)24(34)33-14-12-32(13-15-33)22-10-5-4-7-21(22)17-29/h4-10,16H,3,11-15H2,1-2H3. The minimum atomic E-state index is -4.55. The summed E-state index contributed by atoms with van der Waals surface area (Å²) in [4.78, 5) is 24.8. The van der Waals surface area contributed by atoms with Crippen LogP contribution in [0, 0.1) is 11.3 Å². The Labute approximate surface area is 197 Å². The van der Waals surface area contributed by atoms with Crippen LogP contribution < -0.4 is 4.90 Å². The van der Waals surface area contributed by atoms with Crippen molar-refractivity contribution in [3.8, 4) is 6.07 Å². The van der Waals surface area contributed by atoms with E-state index in [2.05, 4.69) is 21.0 Å². The predicted molar refractivity (Wildman–Crippen MR) is 127 cm³/mol. The molecule has 3 rings (SSSR count). The zero-order valence-corrected chi connectivity index (χ0v) is 19.1. The highest BCUT2D eigenvalue weighted by molar-refractivity contribution is 6.09. The molecule has 0 atom stereocenters. The van der Waals surface area contributed by atoms with Crippen molar-refractivity contribution >= 4 is 23.1 Å². The second kappa shape index (κ2) is 11.0. The fourth-order valence-electron chi connectivity index (χ4n) is 3.60. The predicted octanol–water partition coefficient (Wildman–Crippen LogP) is 4.70. The van der Waals surface area contributed by atoms with E-state index in [0.29, 0.717) is 55.8 Å². The molecule has 178 valence electrons. The lowest BCUT2D eigenvalue weighted by Gasteiger charge is -2.36. The summed E-state index contributed by atoms with van der Waals surface area (Å²) < 4.78 is 39.1. The van der Waals surface area contributed by atoms with Crippen molar-refractivity contribution in [1.82, 2.24) is 4.90 Å². The Morgan fingerprint density at radius 2 is 1.74 bits per heavy atom. The van der Waals surface area contributed by atoms with Gasteiger partial charge in [-0.1, -0.05) is 31.2 Å². The molecule has 2 aromatic carbocycles. The van der Waals surface area contributed by atoms with Gasteiger partial charge in [-0.05, 0) is 37.6 Å². The summed E-state index contributed by atoms with van der Waals surface area (Å²) in [5.74, 6) is -0.245. The van der Waals surface area contributed by atoms with Gasteiger partial charge in [0.25, 0.3) is 5.91 Å². The normalized spacial score (nSPS) is 15.3. The van der Waals surface area contributed by atoms with Gasteiger partial charge in [-0.25, -0.2) is 4.99 Å². The van der Waals surface area contributed by atoms with E-state index in [1.165, 1.54) is 0 Å². The van der Waals surface area contributed by atoms with Crippen LogP contribution >= 0.6 is 0 Å². The number of para-hydroxylation sites is 1. The summed E-state index contributed by atoms with van der Waals surface area (Å²) in [6.45, 7) is 5.17. The first kappa shape index (κ1) is 25.0. The first-order valence-electron chi connectivity index (χ1n) is 11.0. The summed E-state index contributed by atoms with van der Waals surface area (Å²) >= 11 is 0. The number of amidine groups is 1. The maximum absolute atomic E-state index is 13.1. The molecule has 0 aromatic heterocycles. The number of nitrogens with zero attached hydrogens (tertiary/aromatic N) is 5. The number of hydrogen-bond donors (Lipinski definition) is 0. The molecule has 0 unspecified atom stereocenters. The van der Waals surface area contributed by atoms with Crippen molar-refractivity contribution in [2.24, 2.45) is 9.98 Å². The van der Waals surface area contributed by atoms with Crippen LogP contribution in [0.15, 0.2) is 58.5 Å². The SMILES string of the molecule is CCCN=C(N=C(C)C(F)(F)F)c1cccc(C(=O)N2CCN(c3ccccc3C#N)CC2)c1. The fourth-order valence-corrected chi connectivity index (χ4v) is 3.60. The topological polar surface area (TPSA) is 72.1 Å². The Morgan fingerprint density at radius 3 is 2.38 bits per heavy atom. The molecule has 1 amide bonds. The van der Waals surface area contributed by atoms with Crippen molar-refractivity contribution in [1.29, 1.82) is 5.26 Å². The van der Waals surface area contributed by atoms with E-state index in [9.17, 15) is 23.2 Å². The highest BCUT2D eigenvalue weighted by Crippen LogP contribution is 2.22. The minimum absolute atomic E-state index is 0.0377. The van der Waals surface area contributed by atoms with Crippen LogP contribution in [0.5, 0.6) is 0 Å². The molecule has 0 aliphatic carbocycles. The van der Waals surface area contributed by atoms with Crippen molar-refractivity contribution in [3.63, 3.8) is 0 Å². The number of carbonyl (C=O) groups excluding carboxylic acids is 1. The van der Waals surface area contributed by atoms with Gasteiger partial charge < -0.3 is 9.80 Å². The highest BCUT2D eigenvalue weighted by Gasteiger charge is 2.32. The Balaban J connectivity index is 1.77. The largest absolute Gasteiger partial charge is 0.429 e. The summed E-state index contributed by atoms with van der Waals surface area (Å²) in [6, 6.07) is 15.9. The molecule has 0 radical (unpaired) electrons. The van der Waals surface area contributed by atoms with Gasteiger partial charge in [-0.15, -0.1) is 0 Å². The second-order valence-electron chi connectivity index (χ2n) is 7.89. The van der Waals surface area contributed by atoms with Crippen LogP contribution in [0.2, 0.25) is 0 Å². The van der Waals surface area contributed by atoms with Gasteiger partial charge >= 0.3 is 6.18 Å². The van der Waals surface area contributed by atoms with Gasteiger partial charge in [-0.3, -0.25) is 9.79 Å². The number of benzene rings is 2. The first-order valence-corrected chi connectivity index (χ1v) is 11.0. The Bertz CT molecular complexity index is 1130. The molecule has 34 heavy (non-hydrogen) atoms. The van der Waals surface area contributed by atoms with E-state index >= 15 is 0 Å². The van der Waals surface area contributed by atoms with Gasteiger partial charge in [0, 0.05) is 43.9 Å². The average Bonchev–Trinajstić information content (AvgIpc) is 2.85. The maximum Gasteiger partial charge on any atom is 0.429 e. The van der Waals surface area contributed by atoms with E-state index in [0.717, 1.165) is 12.6 Å². The van der Waals surface area contributed by atoms with Gasteiger partial charge in [0.15, 0.2) is 5.84 Å². The molecule has 1 heterocycles. The molecule has 0 saturated carbocycles. The average molecular weight is 470 g/mol. The lowest BCUT2D eigenvalue weighted by molar-refractivity contribution is -0.0590. The van der Waals surface area contributed by atoms with Crippen molar-refractivity contribution in [3.05, 3.63) is 65.2 Å². The zero-order chi connectivity index (χ0) is 24.7. The molecule has 1 saturated heterocycles. The molecule has 1 fully saturated rings. The molecule has 0 spiro atoms. The fraction of sp³-hybridized carbons (Fsp3) is 0.360. The number of halogens is 3. The monoisotopic (exact) mass is 469 g/mol. The lowest BCUT2D eigenvalue weighted by atomic mass is 10.1. The smallest absolute Gasteiger partial charge is 0.367 e. The molecular weight excluding hydrogens is 443 g/mol. The number of nitriles is 1. The number of carbonyl (C=O) groups is 1. The van der Waals surface area contributed by atoms with Crippen LogP contribution in [-0.2, 0) is 0 Å². The van der Waals surface area contributed by atoms with Gasteiger partial charge in [0.1, 0.15) is 11.8 Å². The first-order chi connectivity index (χ1) is 16.2. The molecule has 0 bridgehead atoms. The third-order valence-corrected chi connectivity index (χ3v) is 5.47. The molecule has 2 aromatic rings. The lowest BCUT2D eigenvalue weighted by Crippen LogP contribution is -2.49. The molecule has 6 nitrogen and oxygen atoms in total. The number of rotatable bonds is 5. The maximum atomic E-state index is 13.1. The number of piperazine rings is 1. The highest BCUT2D eigenvalue weighted by atomic mass is 19.4. The number of anilines is 1. The summed E-state index contributed by atoms with van der Waals surface area (Å²) in [5.41, 5.74) is 1.17. The summed E-state index contributed by atoms with van der Waals surface area (Å²) in [7, 11) is 0. The van der Waals surface area contributed by atoms with E-state index in [1.54, 1.807) is 35.2 Å². The van der Waals surface area contributed by atoms with Crippen LogP contribution in [0.3, 0.4) is 0 Å². The molecule has 1 aliphatic rings. The Hall–Kier alpha value is -3.67. The molecular formula is C25H26F3N5O. The number of amides is 1. The summed E-state index contributed by atoms with van der Waals surface area (Å²) in [5, 5.41) is 9.34. The van der Waals surface area contributed by atoms with E-state index in [4.69, 9.17) is 0 Å². The number of aliphatic imine (C=N–C) groups is 2. The van der Waals surface area contributed by atoms with E-state index in [-0.39, 0.29) is 11.7 Å². The van der Waals surface area contributed by atoms with Gasteiger partial charge in [0.05, 0.1) is 11.3 Å². The van der Waals surface area contributed by atoms with E-state index < -0.39 is 11.9 Å². The number of hydrogen-bond acceptors (Lipinski definition) is 4. The Kier molecular flexibility index (Phi) is 8.05. The zero-order valence-electron chi connectivity index (χ0n) is 19.1. The minimum Gasteiger partial charge on any atom is -0.367 e. The van der Waals surface area contributed by atoms with Crippen LogP contribution in [0.1, 0.15) is 41.8 Å². The third kappa shape index (κ3) is 6.01. The Morgan fingerprint density at radius 1 is 1.06 bits per heavy atom. The van der Waals surface area contributed by atoms with Crippen LogP contribution in [0.25, 0.3) is 0 Å². The van der Waals surface area contributed by atoms with Gasteiger partial charge in [-0.2, -0.15) is 18.4 Å². The third-order valence-electron chi connectivity index (χ3n) is 5.47. The quantitative estimate of drug-likeness (QED) is 0.471. The van der Waals surface area contributed by atoms with Crippen molar-refractivity contribution in [2.75, 3.05) is 37.6 Å². The molecule has 1 aliphatic heterocycles. The molecule has 9 heteroatoms. The van der Waals surface area contributed by atoms with Crippen LogP contribution in [-0.4, -0.2) is 61.3 Å². The van der Waals surface area contributed by atoms with Gasteiger partial charge in [0.2, 0.25) is 0 Å². The molecule has 0 N–H and O–H groups in total.